The summed E-state index contributed by atoms with van der Waals surface area (Å²) in [6, 6.07) is 5.99. The van der Waals surface area contributed by atoms with Gasteiger partial charge in [0.15, 0.2) is 0 Å². The van der Waals surface area contributed by atoms with Gasteiger partial charge in [-0.3, -0.25) is 4.79 Å². The quantitative estimate of drug-likeness (QED) is 0.599. The van der Waals surface area contributed by atoms with Gasteiger partial charge < -0.3 is 5.32 Å². The third-order valence-electron chi connectivity index (χ3n) is 2.25. The van der Waals surface area contributed by atoms with Crippen LogP contribution >= 0.6 is 0 Å². The Morgan fingerprint density at radius 1 is 1.38 bits per heavy atom. The van der Waals surface area contributed by atoms with Crippen LogP contribution in [-0.2, 0) is 4.79 Å². The van der Waals surface area contributed by atoms with Gasteiger partial charge in [0.1, 0.15) is 0 Å². The van der Waals surface area contributed by atoms with Crippen molar-refractivity contribution < 1.29 is 4.79 Å². The number of aryl methyl sites for hydroxylation is 1. The van der Waals surface area contributed by atoms with Gasteiger partial charge in [0.05, 0.1) is 0 Å². The second-order valence-electron chi connectivity index (χ2n) is 3.21. The molecular weight excluding hydrogens is 162 g/mol. The van der Waals surface area contributed by atoms with Crippen molar-refractivity contribution in [2.75, 3.05) is 5.32 Å². The molecule has 13 heavy (non-hydrogen) atoms. The zero-order valence-electron chi connectivity index (χ0n) is 7.72. The summed E-state index contributed by atoms with van der Waals surface area (Å²) in [5.74, 6) is 0.00287. The molecule has 0 atom stereocenters. The number of hydrogen-bond donors (Lipinski definition) is 1. The number of rotatable bonds is 0. The Hall–Kier alpha value is -1.57. The number of benzene rings is 1. The molecule has 0 radical (unpaired) electrons. The van der Waals surface area contributed by atoms with Gasteiger partial charge >= 0.3 is 0 Å². The number of nitrogens with one attached hydrogen (secondary N) is 1. The Bertz CT molecular complexity index is 405. The lowest BCUT2D eigenvalue weighted by molar-refractivity contribution is -0.110. The van der Waals surface area contributed by atoms with Crippen LogP contribution in [-0.4, -0.2) is 5.91 Å². The fourth-order valence-electron chi connectivity index (χ4n) is 1.59. The zero-order chi connectivity index (χ0) is 9.42. The number of anilines is 1. The third-order valence-corrected chi connectivity index (χ3v) is 2.25. The maximum Gasteiger partial charge on any atom is 0.256 e. The Morgan fingerprint density at radius 2 is 2.15 bits per heavy atom. The summed E-state index contributed by atoms with van der Waals surface area (Å²) in [5, 5.41) is 2.83. The molecule has 0 aromatic heterocycles. The average molecular weight is 173 g/mol. The number of carbonyl (C=O) groups excluding carboxylic acids is 1. The van der Waals surface area contributed by atoms with Crippen molar-refractivity contribution in [2.45, 2.75) is 13.8 Å². The van der Waals surface area contributed by atoms with Crippen LogP contribution < -0.4 is 5.32 Å². The zero-order valence-corrected chi connectivity index (χ0v) is 7.72. The maximum absolute atomic E-state index is 11.4. The fraction of sp³-hybridized carbons (Fsp3) is 0.182. The van der Waals surface area contributed by atoms with E-state index in [0.29, 0.717) is 0 Å². The largest absolute Gasteiger partial charge is 0.321 e. The summed E-state index contributed by atoms with van der Waals surface area (Å²) in [5.41, 5.74) is 3.88. The van der Waals surface area contributed by atoms with Crippen LogP contribution in [0.3, 0.4) is 0 Å². The Morgan fingerprint density at radius 3 is 2.85 bits per heavy atom. The van der Waals surface area contributed by atoms with Crippen LogP contribution in [0, 0.1) is 6.92 Å². The highest BCUT2D eigenvalue weighted by Crippen LogP contribution is 2.31. The van der Waals surface area contributed by atoms with Crippen molar-refractivity contribution in [1.29, 1.82) is 0 Å². The summed E-state index contributed by atoms with van der Waals surface area (Å²) in [6.07, 6.45) is 1.84. The summed E-state index contributed by atoms with van der Waals surface area (Å²) in [6.45, 7) is 3.89. The van der Waals surface area contributed by atoms with E-state index >= 15 is 0 Å². The van der Waals surface area contributed by atoms with E-state index in [2.05, 4.69) is 5.32 Å². The first kappa shape index (κ1) is 8.05. The van der Waals surface area contributed by atoms with Crippen LogP contribution in [0.1, 0.15) is 18.1 Å². The Kier molecular flexibility index (Phi) is 1.69. The molecular formula is C11H11NO. The Labute approximate surface area is 77.3 Å². The molecule has 2 rings (SSSR count). The van der Waals surface area contributed by atoms with E-state index in [4.69, 9.17) is 0 Å². The molecule has 66 valence electrons. The van der Waals surface area contributed by atoms with E-state index in [-0.39, 0.29) is 5.91 Å². The first-order valence-electron chi connectivity index (χ1n) is 4.31. The molecule has 0 fully saturated rings. The van der Waals surface area contributed by atoms with Gasteiger partial charge in [-0.25, -0.2) is 0 Å². The van der Waals surface area contributed by atoms with Crippen molar-refractivity contribution in [3.63, 3.8) is 0 Å². The van der Waals surface area contributed by atoms with Gasteiger partial charge in [-0.15, -0.1) is 0 Å². The minimum absolute atomic E-state index is 0.00287. The normalized spacial score (nSPS) is 17.4. The van der Waals surface area contributed by atoms with Gasteiger partial charge in [0.25, 0.3) is 5.91 Å². The molecule has 1 aliphatic rings. The van der Waals surface area contributed by atoms with E-state index in [0.717, 1.165) is 22.4 Å². The SMILES string of the molecule is C/C=C1/C(=O)Nc2cc(C)ccc21. The van der Waals surface area contributed by atoms with Crippen LogP contribution in [0.25, 0.3) is 5.57 Å². The van der Waals surface area contributed by atoms with E-state index < -0.39 is 0 Å². The number of allylic oxidation sites excluding steroid dienone is 1. The van der Waals surface area contributed by atoms with Crippen LogP contribution in [0.15, 0.2) is 24.3 Å². The van der Waals surface area contributed by atoms with Crippen molar-refractivity contribution >= 4 is 17.2 Å². The molecule has 1 aromatic carbocycles. The van der Waals surface area contributed by atoms with Gasteiger partial charge in [-0.1, -0.05) is 18.2 Å². The van der Waals surface area contributed by atoms with Crippen molar-refractivity contribution in [1.82, 2.24) is 0 Å². The first-order valence-corrected chi connectivity index (χ1v) is 4.31. The highest BCUT2D eigenvalue weighted by molar-refractivity contribution is 6.31. The van der Waals surface area contributed by atoms with Crippen molar-refractivity contribution in [3.05, 3.63) is 35.4 Å². The van der Waals surface area contributed by atoms with Crippen molar-refractivity contribution in [2.24, 2.45) is 0 Å². The Balaban J connectivity index is 2.61. The molecule has 2 nitrogen and oxygen atoms in total. The van der Waals surface area contributed by atoms with Crippen LogP contribution in [0.5, 0.6) is 0 Å². The number of hydrogen-bond acceptors (Lipinski definition) is 1. The van der Waals surface area contributed by atoms with Crippen molar-refractivity contribution in [3.8, 4) is 0 Å². The summed E-state index contributed by atoms with van der Waals surface area (Å²) in [7, 11) is 0. The molecule has 0 aliphatic carbocycles. The van der Waals surface area contributed by atoms with Crippen LogP contribution in [0.2, 0.25) is 0 Å². The van der Waals surface area contributed by atoms with E-state index in [1.807, 2.05) is 38.1 Å². The predicted molar refractivity (Wildman–Crippen MR) is 53.5 cm³/mol. The standard InChI is InChI=1S/C11H11NO/c1-3-8-9-5-4-7(2)6-10(9)12-11(8)13/h3-6H,1-2H3,(H,12,13)/b8-3+. The van der Waals surface area contributed by atoms with Gasteiger partial charge in [0.2, 0.25) is 0 Å². The minimum atomic E-state index is 0.00287. The molecule has 1 aromatic rings. The second-order valence-corrected chi connectivity index (χ2v) is 3.21. The number of fused-ring (bicyclic) bond motifs is 1. The number of carbonyl (C=O) groups is 1. The highest BCUT2D eigenvalue weighted by atomic mass is 16.1. The molecule has 1 N–H and O–H groups in total. The monoisotopic (exact) mass is 173 g/mol. The lowest BCUT2D eigenvalue weighted by Crippen LogP contribution is -2.03. The average Bonchev–Trinajstić information content (AvgIpc) is 2.39. The predicted octanol–water partition coefficient (Wildman–Crippen LogP) is 2.35. The summed E-state index contributed by atoms with van der Waals surface area (Å²) < 4.78 is 0. The van der Waals surface area contributed by atoms with Gasteiger partial charge in [0, 0.05) is 16.8 Å². The van der Waals surface area contributed by atoms with E-state index in [1.54, 1.807) is 0 Å². The fourth-order valence-corrected chi connectivity index (χ4v) is 1.59. The van der Waals surface area contributed by atoms with Crippen LogP contribution in [0.4, 0.5) is 5.69 Å². The van der Waals surface area contributed by atoms with E-state index in [1.165, 1.54) is 0 Å². The number of amides is 1. The first-order chi connectivity index (χ1) is 6.22. The maximum atomic E-state index is 11.4. The molecule has 1 aliphatic heterocycles. The molecule has 0 saturated heterocycles. The lowest BCUT2D eigenvalue weighted by Gasteiger charge is -1.98. The smallest absolute Gasteiger partial charge is 0.256 e. The van der Waals surface area contributed by atoms with E-state index in [9.17, 15) is 4.79 Å². The molecule has 0 unspecified atom stereocenters. The summed E-state index contributed by atoms with van der Waals surface area (Å²) in [4.78, 5) is 11.4. The molecule has 0 saturated carbocycles. The van der Waals surface area contributed by atoms with Gasteiger partial charge in [-0.05, 0) is 25.5 Å². The topological polar surface area (TPSA) is 29.1 Å². The molecule has 1 amide bonds. The molecule has 0 spiro atoms. The van der Waals surface area contributed by atoms with Gasteiger partial charge in [-0.2, -0.15) is 0 Å². The molecule has 1 heterocycles. The molecule has 2 heteroatoms. The minimum Gasteiger partial charge on any atom is -0.321 e. The summed E-state index contributed by atoms with van der Waals surface area (Å²) >= 11 is 0. The highest BCUT2D eigenvalue weighted by Gasteiger charge is 2.22. The molecule has 0 bridgehead atoms. The lowest BCUT2D eigenvalue weighted by atomic mass is 10.1. The second kappa shape index (κ2) is 2.73. The third kappa shape index (κ3) is 1.15.